The Kier molecular flexibility index (Phi) is 1.75. The molecule has 0 aromatic heterocycles. The molecular weight excluding hydrogens is 237 g/mol. The highest BCUT2D eigenvalue weighted by molar-refractivity contribution is 5.66. The molecule has 0 spiro atoms. The summed E-state index contributed by atoms with van der Waals surface area (Å²) < 4.78 is 43.8. The van der Waals surface area contributed by atoms with Crippen molar-refractivity contribution in [2.45, 2.75) is 31.2 Å². The molecule has 3 nitrogen and oxygen atoms in total. The Morgan fingerprint density at radius 1 is 1.53 bits per heavy atom. The third-order valence-electron chi connectivity index (χ3n) is 4.39. The van der Waals surface area contributed by atoms with Gasteiger partial charge in [0.05, 0.1) is 5.60 Å². The Hall–Kier alpha value is -1.04. The number of ether oxygens (including phenoxy) is 1. The molecule has 3 rings (SSSR count). The van der Waals surface area contributed by atoms with E-state index in [0.29, 0.717) is 0 Å². The van der Waals surface area contributed by atoms with Crippen LogP contribution < -0.4 is 0 Å². The van der Waals surface area contributed by atoms with E-state index >= 15 is 0 Å². The van der Waals surface area contributed by atoms with Crippen LogP contribution >= 0.6 is 0 Å². The van der Waals surface area contributed by atoms with E-state index in [1.54, 1.807) is 0 Å². The van der Waals surface area contributed by atoms with Gasteiger partial charge in [-0.05, 0) is 6.42 Å². The first-order valence-corrected chi connectivity index (χ1v) is 5.41. The van der Waals surface area contributed by atoms with Crippen molar-refractivity contribution in [1.29, 1.82) is 0 Å². The van der Waals surface area contributed by atoms with Crippen LogP contribution in [0.1, 0.15) is 13.3 Å². The number of halogens is 3. The molecule has 0 heterocycles. The number of hydrogen-bond donors (Lipinski definition) is 1. The van der Waals surface area contributed by atoms with Crippen LogP contribution in [0.15, 0.2) is 12.2 Å². The zero-order chi connectivity index (χ0) is 12.6. The maximum atomic E-state index is 13.0. The fourth-order valence-corrected chi connectivity index (χ4v) is 3.75. The Bertz CT molecular complexity index is 430. The van der Waals surface area contributed by atoms with E-state index in [1.807, 2.05) is 0 Å². The van der Waals surface area contributed by atoms with Crippen LogP contribution in [0.4, 0.5) is 13.2 Å². The monoisotopic (exact) mass is 248 g/mol. The van der Waals surface area contributed by atoms with Crippen LogP contribution in [-0.4, -0.2) is 29.0 Å². The minimum atomic E-state index is -4.45. The van der Waals surface area contributed by atoms with Crippen LogP contribution in [0, 0.1) is 17.3 Å². The van der Waals surface area contributed by atoms with Gasteiger partial charge in [0.2, 0.25) is 0 Å². The van der Waals surface area contributed by atoms with Gasteiger partial charge < -0.3 is 9.84 Å². The maximum Gasteiger partial charge on any atom is 0.401 e. The lowest BCUT2D eigenvalue weighted by molar-refractivity contribution is -0.199. The molecule has 6 heteroatoms. The number of fused-ring (bicyclic) bond motifs is 1. The molecule has 0 saturated heterocycles. The van der Waals surface area contributed by atoms with Crippen LogP contribution in [0.2, 0.25) is 0 Å². The van der Waals surface area contributed by atoms with E-state index in [4.69, 9.17) is 4.74 Å². The number of esters is 1. The smallest absolute Gasteiger partial charge is 0.401 e. The van der Waals surface area contributed by atoms with Crippen molar-refractivity contribution in [1.82, 2.24) is 0 Å². The highest BCUT2D eigenvalue weighted by Crippen LogP contribution is 2.81. The first kappa shape index (κ1) is 11.1. The maximum absolute atomic E-state index is 13.0. The molecule has 5 atom stereocenters. The highest BCUT2D eigenvalue weighted by atomic mass is 19.4. The van der Waals surface area contributed by atoms with Gasteiger partial charge in [0.1, 0.15) is 11.5 Å². The molecule has 94 valence electrons. The third-order valence-corrected chi connectivity index (χ3v) is 4.39. The van der Waals surface area contributed by atoms with Gasteiger partial charge in [-0.2, -0.15) is 13.2 Å². The first-order valence-electron chi connectivity index (χ1n) is 5.41. The number of carbonyl (C=O) groups excluding carboxylic acids is 1. The second kappa shape index (κ2) is 2.68. The molecule has 3 aliphatic carbocycles. The number of carbonyl (C=O) groups is 1. The second-order valence-corrected chi connectivity index (χ2v) is 5.01. The normalized spacial score (nSPS) is 50.3. The largest absolute Gasteiger partial charge is 0.462 e. The lowest BCUT2D eigenvalue weighted by Crippen LogP contribution is -2.38. The van der Waals surface area contributed by atoms with E-state index in [2.05, 4.69) is 0 Å². The minimum absolute atomic E-state index is 0.0766. The van der Waals surface area contributed by atoms with E-state index in [-0.39, 0.29) is 6.42 Å². The Balaban J connectivity index is 1.91. The van der Waals surface area contributed by atoms with Gasteiger partial charge in [0.15, 0.2) is 0 Å². The summed E-state index contributed by atoms with van der Waals surface area (Å²) in [5, 5.41) is 10.2. The zero-order valence-corrected chi connectivity index (χ0v) is 8.99. The molecule has 0 aromatic carbocycles. The Morgan fingerprint density at radius 3 is 2.65 bits per heavy atom. The fourth-order valence-electron chi connectivity index (χ4n) is 3.75. The lowest BCUT2D eigenvalue weighted by atomic mass is 9.93. The van der Waals surface area contributed by atoms with E-state index in [1.165, 1.54) is 13.0 Å². The molecule has 1 N–H and O–H groups in total. The molecule has 17 heavy (non-hydrogen) atoms. The van der Waals surface area contributed by atoms with Crippen LogP contribution in [0.25, 0.3) is 0 Å². The summed E-state index contributed by atoms with van der Waals surface area (Å²) in [6, 6.07) is 0. The summed E-state index contributed by atoms with van der Waals surface area (Å²) in [7, 11) is 0. The standard InChI is InChI=1S/C11H11F3O3/c1-5(15)17-7-4-8-9(11(12,13)14)3-2-6(7)10(8,9)16/h2-3,6-8,16H,4H2,1H3/t6?,7-,8+,9?,10+/m0/s1. The fraction of sp³-hybridized carbons (Fsp3) is 0.727. The number of rotatable bonds is 1. The predicted octanol–water partition coefficient (Wildman–Crippen LogP) is 1.42. The van der Waals surface area contributed by atoms with Gasteiger partial charge in [0.25, 0.3) is 0 Å². The van der Waals surface area contributed by atoms with Crippen molar-refractivity contribution in [3.05, 3.63) is 12.2 Å². The molecule has 0 aromatic rings. The molecule has 2 saturated carbocycles. The summed E-state index contributed by atoms with van der Waals surface area (Å²) in [4.78, 5) is 10.8. The third kappa shape index (κ3) is 0.968. The SMILES string of the molecule is CC(=O)O[C@H]1C[C@@H]2C3(C(F)(F)F)C=CC1[C@@]23O. The molecule has 0 aliphatic heterocycles. The van der Waals surface area contributed by atoms with E-state index in [9.17, 15) is 23.1 Å². The second-order valence-electron chi connectivity index (χ2n) is 5.01. The molecule has 0 bridgehead atoms. The molecule has 3 aliphatic rings. The van der Waals surface area contributed by atoms with Crippen molar-refractivity contribution in [3.63, 3.8) is 0 Å². The minimum Gasteiger partial charge on any atom is -0.462 e. The quantitative estimate of drug-likeness (QED) is 0.564. The van der Waals surface area contributed by atoms with Gasteiger partial charge >= 0.3 is 12.1 Å². The number of alkyl halides is 3. The lowest BCUT2D eigenvalue weighted by Gasteiger charge is -2.25. The molecule has 0 radical (unpaired) electrons. The summed E-state index contributed by atoms with van der Waals surface area (Å²) in [6.45, 7) is 1.21. The Labute approximate surface area is 95.2 Å². The van der Waals surface area contributed by atoms with Gasteiger partial charge in [0, 0.05) is 18.8 Å². The highest BCUT2D eigenvalue weighted by Gasteiger charge is 2.93. The van der Waals surface area contributed by atoms with E-state index in [0.717, 1.165) is 6.08 Å². The van der Waals surface area contributed by atoms with Gasteiger partial charge in [-0.25, -0.2) is 0 Å². The first-order chi connectivity index (χ1) is 7.75. The van der Waals surface area contributed by atoms with Gasteiger partial charge in [-0.15, -0.1) is 0 Å². The summed E-state index contributed by atoms with van der Waals surface area (Å²) in [5.74, 6) is -2.12. The summed E-state index contributed by atoms with van der Waals surface area (Å²) in [5.41, 5.74) is -3.88. The topological polar surface area (TPSA) is 46.5 Å². The average Bonchev–Trinajstić information content (AvgIpc) is 2.42. The molecular formula is C11H11F3O3. The zero-order valence-electron chi connectivity index (χ0n) is 8.99. The molecule has 2 fully saturated rings. The van der Waals surface area contributed by atoms with Crippen molar-refractivity contribution < 1.29 is 27.8 Å². The summed E-state index contributed by atoms with van der Waals surface area (Å²) >= 11 is 0. The van der Waals surface area contributed by atoms with Crippen molar-refractivity contribution in [3.8, 4) is 0 Å². The van der Waals surface area contributed by atoms with Crippen molar-refractivity contribution in [2.24, 2.45) is 17.3 Å². The molecule has 0 amide bonds. The van der Waals surface area contributed by atoms with Crippen LogP contribution in [-0.2, 0) is 9.53 Å². The van der Waals surface area contributed by atoms with Gasteiger partial charge in [-0.3, -0.25) is 4.79 Å². The van der Waals surface area contributed by atoms with Crippen molar-refractivity contribution >= 4 is 5.97 Å². The average molecular weight is 248 g/mol. The molecule has 2 unspecified atom stereocenters. The Morgan fingerprint density at radius 2 is 2.18 bits per heavy atom. The van der Waals surface area contributed by atoms with E-state index < -0.39 is 41.1 Å². The summed E-state index contributed by atoms with van der Waals surface area (Å²) in [6.07, 6.45) is -2.61. The van der Waals surface area contributed by atoms with Gasteiger partial charge in [-0.1, -0.05) is 12.2 Å². The predicted molar refractivity (Wildman–Crippen MR) is 49.7 cm³/mol. The number of hydrogen-bond acceptors (Lipinski definition) is 3. The van der Waals surface area contributed by atoms with Crippen LogP contribution in [0.3, 0.4) is 0 Å². The number of aliphatic hydroxyl groups is 1. The van der Waals surface area contributed by atoms with Crippen molar-refractivity contribution in [2.75, 3.05) is 0 Å². The van der Waals surface area contributed by atoms with Crippen LogP contribution in [0.5, 0.6) is 0 Å².